The predicted molar refractivity (Wildman–Crippen MR) is 83.9 cm³/mol. The van der Waals surface area contributed by atoms with E-state index < -0.39 is 0 Å². The number of carbonyl (C=O) groups excluding carboxylic acids is 1. The second kappa shape index (κ2) is 8.18. The van der Waals surface area contributed by atoms with Crippen LogP contribution in [0.15, 0.2) is 40.3 Å². The molecule has 1 fully saturated rings. The Morgan fingerprint density at radius 2 is 2.05 bits per heavy atom. The standard InChI is InChI=1S/C17H20N2O2/c1-21-17(20)12-11-14-7-5-6-10-16(14)19-13-18-15-8-3-2-4-9-15/h5-7,10-12,15H,2-4,8-9H2,1H3/b12-11+. The molecule has 21 heavy (non-hydrogen) atoms. The van der Waals surface area contributed by atoms with Crippen LogP contribution >= 0.6 is 0 Å². The van der Waals surface area contributed by atoms with E-state index in [1.165, 1.54) is 32.4 Å². The molecule has 1 saturated carbocycles. The average Bonchev–Trinajstić information content (AvgIpc) is 2.54. The first-order valence-electron chi connectivity index (χ1n) is 7.30. The van der Waals surface area contributed by atoms with Gasteiger partial charge in [0.25, 0.3) is 0 Å². The number of para-hydroxylation sites is 1. The maximum atomic E-state index is 11.1. The monoisotopic (exact) mass is 284 g/mol. The molecule has 0 amide bonds. The van der Waals surface area contributed by atoms with Gasteiger partial charge in [0.05, 0.1) is 24.8 Å². The van der Waals surface area contributed by atoms with Gasteiger partial charge < -0.3 is 4.74 Å². The predicted octanol–water partition coefficient (Wildman–Crippen LogP) is 4.01. The SMILES string of the molecule is COC(=O)/C=C/c1ccccc1N=C=NC1CCCCC1. The molecule has 2 rings (SSSR count). The van der Waals surface area contributed by atoms with Crippen molar-refractivity contribution in [3.05, 3.63) is 35.9 Å². The van der Waals surface area contributed by atoms with Crippen molar-refractivity contribution < 1.29 is 9.53 Å². The van der Waals surface area contributed by atoms with Gasteiger partial charge in [-0.3, -0.25) is 0 Å². The largest absolute Gasteiger partial charge is 0.466 e. The van der Waals surface area contributed by atoms with Crippen molar-refractivity contribution in [2.45, 2.75) is 38.1 Å². The zero-order valence-electron chi connectivity index (χ0n) is 12.3. The minimum absolute atomic E-state index is 0.361. The van der Waals surface area contributed by atoms with Crippen LogP contribution in [-0.2, 0) is 9.53 Å². The Hall–Kier alpha value is -2.19. The Balaban J connectivity index is 2.10. The molecule has 110 valence electrons. The Morgan fingerprint density at radius 1 is 1.29 bits per heavy atom. The van der Waals surface area contributed by atoms with Crippen molar-refractivity contribution in [2.75, 3.05) is 7.11 Å². The lowest BCUT2D eigenvalue weighted by Crippen LogP contribution is -2.08. The highest BCUT2D eigenvalue weighted by Gasteiger charge is 2.10. The molecule has 0 spiro atoms. The maximum Gasteiger partial charge on any atom is 0.330 e. The van der Waals surface area contributed by atoms with E-state index in [-0.39, 0.29) is 5.97 Å². The number of benzene rings is 1. The van der Waals surface area contributed by atoms with E-state index in [0.717, 1.165) is 24.1 Å². The quantitative estimate of drug-likeness (QED) is 0.476. The highest BCUT2D eigenvalue weighted by Crippen LogP contribution is 2.21. The summed E-state index contributed by atoms with van der Waals surface area (Å²) in [4.78, 5) is 19.8. The van der Waals surface area contributed by atoms with Crippen molar-refractivity contribution in [2.24, 2.45) is 9.98 Å². The smallest absolute Gasteiger partial charge is 0.330 e. The van der Waals surface area contributed by atoms with Crippen molar-refractivity contribution >= 4 is 23.7 Å². The molecule has 4 heteroatoms. The van der Waals surface area contributed by atoms with Gasteiger partial charge in [0, 0.05) is 11.6 Å². The van der Waals surface area contributed by atoms with Crippen LogP contribution in [0.25, 0.3) is 6.08 Å². The zero-order chi connectivity index (χ0) is 14.9. The lowest BCUT2D eigenvalue weighted by atomic mass is 9.96. The molecule has 1 aromatic rings. The van der Waals surface area contributed by atoms with Gasteiger partial charge in [0.15, 0.2) is 0 Å². The summed E-state index contributed by atoms with van der Waals surface area (Å²) in [5.41, 5.74) is 1.59. The molecule has 0 heterocycles. The van der Waals surface area contributed by atoms with Crippen LogP contribution in [0.2, 0.25) is 0 Å². The molecular formula is C17H20N2O2. The number of ether oxygens (including phenoxy) is 1. The fourth-order valence-corrected chi connectivity index (χ4v) is 2.33. The summed E-state index contributed by atoms with van der Waals surface area (Å²) >= 11 is 0. The molecule has 1 aliphatic carbocycles. The van der Waals surface area contributed by atoms with Crippen molar-refractivity contribution in [1.29, 1.82) is 0 Å². The lowest BCUT2D eigenvalue weighted by Gasteiger charge is -2.15. The van der Waals surface area contributed by atoms with E-state index in [1.807, 2.05) is 24.3 Å². The molecular weight excluding hydrogens is 264 g/mol. The number of esters is 1. The summed E-state index contributed by atoms with van der Waals surface area (Å²) in [6.07, 6.45) is 9.13. The van der Waals surface area contributed by atoms with Gasteiger partial charge in [-0.25, -0.2) is 9.79 Å². The van der Waals surface area contributed by atoms with Crippen LogP contribution < -0.4 is 0 Å². The number of aliphatic imine (C=N–C) groups is 2. The Kier molecular flexibility index (Phi) is 5.92. The second-order valence-electron chi connectivity index (χ2n) is 5.05. The molecule has 0 saturated heterocycles. The molecule has 1 aromatic carbocycles. The topological polar surface area (TPSA) is 51.0 Å². The van der Waals surface area contributed by atoms with E-state index in [1.54, 1.807) is 6.08 Å². The first-order chi connectivity index (χ1) is 10.3. The number of carbonyl (C=O) groups is 1. The molecule has 1 aliphatic rings. The number of hydrogen-bond acceptors (Lipinski definition) is 4. The van der Waals surface area contributed by atoms with Gasteiger partial charge in [0.1, 0.15) is 0 Å². The second-order valence-corrected chi connectivity index (χ2v) is 5.05. The fourth-order valence-electron chi connectivity index (χ4n) is 2.33. The minimum atomic E-state index is -0.385. The van der Waals surface area contributed by atoms with Gasteiger partial charge in [-0.05, 0) is 25.0 Å². The summed E-state index contributed by atoms with van der Waals surface area (Å²) in [7, 11) is 1.35. The average molecular weight is 284 g/mol. The van der Waals surface area contributed by atoms with E-state index in [4.69, 9.17) is 0 Å². The van der Waals surface area contributed by atoms with Crippen LogP contribution in [0.3, 0.4) is 0 Å². The normalized spacial score (nSPS) is 15.5. The number of rotatable bonds is 4. The first kappa shape index (κ1) is 15.2. The fraction of sp³-hybridized carbons (Fsp3) is 0.412. The highest BCUT2D eigenvalue weighted by atomic mass is 16.5. The third-order valence-corrected chi connectivity index (χ3v) is 3.52. The van der Waals surface area contributed by atoms with Gasteiger partial charge in [-0.15, -0.1) is 0 Å². The maximum absolute atomic E-state index is 11.1. The van der Waals surface area contributed by atoms with Crippen molar-refractivity contribution in [3.63, 3.8) is 0 Å². The van der Waals surface area contributed by atoms with E-state index in [0.29, 0.717) is 6.04 Å². The third-order valence-electron chi connectivity index (χ3n) is 3.52. The molecule has 0 radical (unpaired) electrons. The summed E-state index contributed by atoms with van der Waals surface area (Å²) in [6.45, 7) is 0. The van der Waals surface area contributed by atoms with E-state index in [2.05, 4.69) is 20.7 Å². The van der Waals surface area contributed by atoms with Gasteiger partial charge in [-0.1, -0.05) is 37.5 Å². The van der Waals surface area contributed by atoms with Crippen LogP contribution in [0, 0.1) is 0 Å². The summed E-state index contributed by atoms with van der Waals surface area (Å²) in [5, 5.41) is 0. The minimum Gasteiger partial charge on any atom is -0.466 e. The Labute approximate surface area is 125 Å². The van der Waals surface area contributed by atoms with Crippen molar-refractivity contribution in [1.82, 2.24) is 0 Å². The van der Waals surface area contributed by atoms with Crippen LogP contribution in [-0.4, -0.2) is 25.1 Å². The van der Waals surface area contributed by atoms with Crippen molar-refractivity contribution in [3.8, 4) is 0 Å². The molecule has 0 aromatic heterocycles. The van der Waals surface area contributed by atoms with Gasteiger partial charge >= 0.3 is 5.97 Å². The molecule has 0 aliphatic heterocycles. The first-order valence-corrected chi connectivity index (χ1v) is 7.30. The summed E-state index contributed by atoms with van der Waals surface area (Å²) in [6, 6.07) is 10.7. The summed E-state index contributed by atoms with van der Waals surface area (Å²) in [5.74, 6) is -0.385. The van der Waals surface area contributed by atoms with Crippen LogP contribution in [0.5, 0.6) is 0 Å². The van der Waals surface area contributed by atoms with E-state index >= 15 is 0 Å². The molecule has 0 unspecified atom stereocenters. The van der Waals surface area contributed by atoms with E-state index in [9.17, 15) is 4.79 Å². The summed E-state index contributed by atoms with van der Waals surface area (Å²) < 4.78 is 4.58. The lowest BCUT2D eigenvalue weighted by molar-refractivity contribution is -0.134. The highest BCUT2D eigenvalue weighted by molar-refractivity contribution is 5.88. The number of methoxy groups -OCH3 is 1. The van der Waals surface area contributed by atoms with Crippen LogP contribution in [0.1, 0.15) is 37.7 Å². The Bertz CT molecular complexity index is 566. The molecule has 0 atom stereocenters. The third kappa shape index (κ3) is 5.01. The number of hydrogen-bond donors (Lipinski definition) is 0. The Morgan fingerprint density at radius 3 is 2.81 bits per heavy atom. The molecule has 0 N–H and O–H groups in total. The zero-order valence-corrected chi connectivity index (χ0v) is 12.3. The number of nitrogens with zero attached hydrogens (tertiary/aromatic N) is 2. The molecule has 0 bridgehead atoms. The van der Waals surface area contributed by atoms with Gasteiger partial charge in [-0.2, -0.15) is 4.99 Å². The van der Waals surface area contributed by atoms with Crippen LogP contribution in [0.4, 0.5) is 5.69 Å². The molecule has 4 nitrogen and oxygen atoms in total. The van der Waals surface area contributed by atoms with Gasteiger partial charge in [0.2, 0.25) is 0 Å².